The average molecular weight is 191 g/mol. The lowest BCUT2D eigenvalue weighted by atomic mass is 9.89. The predicted octanol–water partition coefficient (Wildman–Crippen LogP) is 1.90. The fourth-order valence-corrected chi connectivity index (χ4v) is 2.02. The quantitative estimate of drug-likeness (QED) is 0.775. The first-order chi connectivity index (χ1) is 6.79. The zero-order valence-electron chi connectivity index (χ0n) is 8.62. The van der Waals surface area contributed by atoms with Crippen LogP contribution in [-0.2, 0) is 12.8 Å². The Morgan fingerprint density at radius 3 is 3.07 bits per heavy atom. The van der Waals surface area contributed by atoms with Crippen molar-refractivity contribution in [1.82, 2.24) is 0 Å². The van der Waals surface area contributed by atoms with Crippen molar-refractivity contribution in [2.75, 3.05) is 6.61 Å². The minimum Gasteiger partial charge on any atom is -0.494 e. The second-order valence-electron chi connectivity index (χ2n) is 3.87. The van der Waals surface area contributed by atoms with Crippen LogP contribution >= 0.6 is 0 Å². The summed E-state index contributed by atoms with van der Waals surface area (Å²) in [6.45, 7) is 2.74. The number of nitrogens with two attached hydrogens (primary N) is 1. The van der Waals surface area contributed by atoms with Crippen molar-refractivity contribution in [2.24, 2.45) is 5.73 Å². The molecule has 0 saturated heterocycles. The fourth-order valence-electron chi connectivity index (χ4n) is 2.02. The van der Waals surface area contributed by atoms with E-state index in [0.717, 1.165) is 31.6 Å². The monoisotopic (exact) mass is 191 g/mol. The molecule has 0 saturated carbocycles. The van der Waals surface area contributed by atoms with Crippen molar-refractivity contribution in [2.45, 2.75) is 32.2 Å². The number of aryl methyl sites for hydroxylation is 1. The molecule has 0 radical (unpaired) electrons. The third-order valence-corrected chi connectivity index (χ3v) is 2.76. The molecule has 1 aliphatic carbocycles. The highest BCUT2D eigenvalue weighted by atomic mass is 16.5. The van der Waals surface area contributed by atoms with Crippen molar-refractivity contribution in [3.05, 3.63) is 29.3 Å². The third kappa shape index (κ3) is 1.90. The second-order valence-corrected chi connectivity index (χ2v) is 3.87. The molecular formula is C12H17NO. The van der Waals surface area contributed by atoms with Gasteiger partial charge in [0.25, 0.3) is 0 Å². The van der Waals surface area contributed by atoms with Gasteiger partial charge >= 0.3 is 0 Å². The lowest BCUT2D eigenvalue weighted by molar-refractivity contribution is 0.339. The van der Waals surface area contributed by atoms with Crippen molar-refractivity contribution in [3.8, 4) is 5.75 Å². The Bertz CT molecular complexity index is 322. The molecule has 0 bridgehead atoms. The molecule has 1 aromatic rings. The van der Waals surface area contributed by atoms with E-state index in [1.54, 1.807) is 0 Å². The first kappa shape index (κ1) is 9.53. The van der Waals surface area contributed by atoms with Gasteiger partial charge in [-0.15, -0.1) is 0 Å². The van der Waals surface area contributed by atoms with Crippen LogP contribution in [0, 0.1) is 0 Å². The van der Waals surface area contributed by atoms with Crippen molar-refractivity contribution < 1.29 is 4.74 Å². The highest BCUT2D eigenvalue weighted by Gasteiger charge is 2.15. The normalized spacial score (nSPS) is 20.3. The van der Waals surface area contributed by atoms with Crippen LogP contribution < -0.4 is 10.5 Å². The summed E-state index contributed by atoms with van der Waals surface area (Å²) in [5.74, 6) is 0.988. The molecule has 1 atom stereocenters. The second kappa shape index (κ2) is 4.01. The van der Waals surface area contributed by atoms with E-state index in [1.165, 1.54) is 11.1 Å². The van der Waals surface area contributed by atoms with E-state index in [0.29, 0.717) is 6.04 Å². The minimum atomic E-state index is 0.348. The highest BCUT2D eigenvalue weighted by molar-refractivity contribution is 5.37. The molecule has 0 aromatic heterocycles. The zero-order valence-corrected chi connectivity index (χ0v) is 8.62. The van der Waals surface area contributed by atoms with Crippen LogP contribution in [0.1, 0.15) is 24.5 Å². The largest absolute Gasteiger partial charge is 0.494 e. The summed E-state index contributed by atoms with van der Waals surface area (Å²) in [5.41, 5.74) is 8.73. The van der Waals surface area contributed by atoms with Gasteiger partial charge in [-0.3, -0.25) is 0 Å². The standard InChI is InChI=1S/C12H17NO/c1-2-14-12-6-4-9-7-11(13)5-3-10(9)8-12/h4,6,8,11H,2-3,5,7,13H2,1H3. The van der Waals surface area contributed by atoms with Gasteiger partial charge in [0.1, 0.15) is 5.75 Å². The molecule has 1 aromatic carbocycles. The molecule has 2 nitrogen and oxygen atoms in total. The average Bonchev–Trinajstić information content (AvgIpc) is 2.19. The summed E-state index contributed by atoms with van der Waals surface area (Å²) in [4.78, 5) is 0. The third-order valence-electron chi connectivity index (χ3n) is 2.76. The van der Waals surface area contributed by atoms with E-state index in [-0.39, 0.29) is 0 Å². The van der Waals surface area contributed by atoms with E-state index in [2.05, 4.69) is 12.1 Å². The van der Waals surface area contributed by atoms with E-state index in [9.17, 15) is 0 Å². The first-order valence-electron chi connectivity index (χ1n) is 5.29. The van der Waals surface area contributed by atoms with Crippen molar-refractivity contribution in [3.63, 3.8) is 0 Å². The SMILES string of the molecule is CCOc1ccc2c(c1)CCC(N)C2. The van der Waals surface area contributed by atoms with Gasteiger partial charge < -0.3 is 10.5 Å². The van der Waals surface area contributed by atoms with Crippen molar-refractivity contribution >= 4 is 0 Å². The van der Waals surface area contributed by atoms with E-state index in [4.69, 9.17) is 10.5 Å². The number of ether oxygens (including phenoxy) is 1. The molecule has 2 N–H and O–H groups in total. The number of hydrogen-bond acceptors (Lipinski definition) is 2. The Hall–Kier alpha value is -1.02. The molecule has 0 heterocycles. The molecule has 0 aliphatic heterocycles. The topological polar surface area (TPSA) is 35.2 Å². The fraction of sp³-hybridized carbons (Fsp3) is 0.500. The van der Waals surface area contributed by atoms with Crippen LogP contribution in [0.3, 0.4) is 0 Å². The summed E-state index contributed by atoms with van der Waals surface area (Å²) >= 11 is 0. The highest BCUT2D eigenvalue weighted by Crippen LogP contribution is 2.24. The Kier molecular flexibility index (Phi) is 2.73. The molecule has 1 unspecified atom stereocenters. The van der Waals surface area contributed by atoms with Crippen LogP contribution in [0.4, 0.5) is 0 Å². The van der Waals surface area contributed by atoms with Crippen LogP contribution in [0.2, 0.25) is 0 Å². The summed E-state index contributed by atoms with van der Waals surface area (Å²) in [5, 5.41) is 0. The maximum absolute atomic E-state index is 5.92. The molecule has 0 spiro atoms. The zero-order chi connectivity index (χ0) is 9.97. The Morgan fingerprint density at radius 1 is 1.43 bits per heavy atom. The Balaban J connectivity index is 2.22. The summed E-state index contributed by atoms with van der Waals surface area (Å²) in [6, 6.07) is 6.70. The van der Waals surface area contributed by atoms with E-state index in [1.807, 2.05) is 13.0 Å². The smallest absolute Gasteiger partial charge is 0.119 e. The van der Waals surface area contributed by atoms with Crippen LogP contribution in [0.15, 0.2) is 18.2 Å². The molecule has 0 amide bonds. The van der Waals surface area contributed by atoms with Gasteiger partial charge in [-0.25, -0.2) is 0 Å². The molecule has 1 aliphatic rings. The number of fused-ring (bicyclic) bond motifs is 1. The Labute approximate surface area is 85.1 Å². The van der Waals surface area contributed by atoms with Gasteiger partial charge in [0.2, 0.25) is 0 Å². The molecular weight excluding hydrogens is 174 g/mol. The molecule has 14 heavy (non-hydrogen) atoms. The number of benzene rings is 1. The lowest BCUT2D eigenvalue weighted by Gasteiger charge is -2.21. The van der Waals surface area contributed by atoms with Gasteiger partial charge in [0.15, 0.2) is 0 Å². The number of rotatable bonds is 2. The minimum absolute atomic E-state index is 0.348. The maximum Gasteiger partial charge on any atom is 0.119 e. The summed E-state index contributed by atoms with van der Waals surface area (Å²) < 4.78 is 5.47. The van der Waals surface area contributed by atoms with Crippen LogP contribution in [0.5, 0.6) is 5.75 Å². The Morgan fingerprint density at radius 2 is 2.29 bits per heavy atom. The molecule has 2 heteroatoms. The van der Waals surface area contributed by atoms with Crippen LogP contribution in [0.25, 0.3) is 0 Å². The molecule has 0 fully saturated rings. The summed E-state index contributed by atoms with van der Waals surface area (Å²) in [6.07, 6.45) is 3.21. The molecule has 2 rings (SSSR count). The maximum atomic E-state index is 5.92. The van der Waals surface area contributed by atoms with E-state index >= 15 is 0 Å². The van der Waals surface area contributed by atoms with Crippen LogP contribution in [-0.4, -0.2) is 12.6 Å². The summed E-state index contributed by atoms with van der Waals surface area (Å²) in [7, 11) is 0. The van der Waals surface area contributed by atoms with E-state index < -0.39 is 0 Å². The molecule has 76 valence electrons. The number of hydrogen-bond donors (Lipinski definition) is 1. The van der Waals surface area contributed by atoms with Gasteiger partial charge in [0.05, 0.1) is 6.61 Å². The lowest BCUT2D eigenvalue weighted by Crippen LogP contribution is -2.27. The predicted molar refractivity (Wildman–Crippen MR) is 57.6 cm³/mol. The van der Waals surface area contributed by atoms with Gasteiger partial charge in [-0.1, -0.05) is 6.07 Å². The first-order valence-corrected chi connectivity index (χ1v) is 5.29. The van der Waals surface area contributed by atoms with Gasteiger partial charge in [-0.2, -0.15) is 0 Å². The van der Waals surface area contributed by atoms with Gasteiger partial charge in [0, 0.05) is 6.04 Å². The van der Waals surface area contributed by atoms with Crippen molar-refractivity contribution in [1.29, 1.82) is 0 Å². The van der Waals surface area contributed by atoms with Gasteiger partial charge in [-0.05, 0) is 49.4 Å².